The van der Waals surface area contributed by atoms with E-state index in [2.05, 4.69) is 25.5 Å². The average Bonchev–Trinajstić information content (AvgIpc) is 3.24. The van der Waals surface area contributed by atoms with Crippen molar-refractivity contribution in [1.29, 1.82) is 0 Å². The summed E-state index contributed by atoms with van der Waals surface area (Å²) < 4.78 is 1.47. The predicted molar refractivity (Wildman–Crippen MR) is 76.2 cm³/mol. The number of nitrogens with zero attached hydrogens (tertiary/aromatic N) is 4. The molecule has 0 atom stereocenters. The van der Waals surface area contributed by atoms with E-state index in [-0.39, 0.29) is 5.69 Å². The first kappa shape index (κ1) is 13.2. The monoisotopic (exact) mass is 292 g/mol. The summed E-state index contributed by atoms with van der Waals surface area (Å²) in [5.74, 6) is 2.19. The molecule has 8 heteroatoms. The van der Waals surface area contributed by atoms with E-state index in [0.717, 1.165) is 35.1 Å². The lowest BCUT2D eigenvalue weighted by molar-refractivity contribution is 0.762. The molecule has 0 bridgehead atoms. The van der Waals surface area contributed by atoms with Crippen LogP contribution in [0.5, 0.6) is 0 Å². The maximum Gasteiger partial charge on any atom is 0.343 e. The van der Waals surface area contributed by atoms with Gasteiger partial charge in [0.2, 0.25) is 0 Å². The Morgan fingerprint density at radius 2 is 2.15 bits per heavy atom. The highest BCUT2D eigenvalue weighted by Crippen LogP contribution is 2.40. The van der Waals surface area contributed by atoms with E-state index >= 15 is 0 Å². The summed E-state index contributed by atoms with van der Waals surface area (Å²) in [6, 6.07) is 0. The van der Waals surface area contributed by atoms with Crippen molar-refractivity contribution in [3.05, 3.63) is 21.9 Å². The third-order valence-electron chi connectivity index (χ3n) is 3.32. The van der Waals surface area contributed by atoms with E-state index < -0.39 is 0 Å². The summed E-state index contributed by atoms with van der Waals surface area (Å²) in [5.41, 5.74) is 0.743. The van der Waals surface area contributed by atoms with Crippen LogP contribution in [0.2, 0.25) is 0 Å². The quantitative estimate of drug-likeness (QED) is 0.825. The first-order valence-corrected chi connectivity index (χ1v) is 7.27. The van der Waals surface area contributed by atoms with E-state index in [9.17, 15) is 4.79 Å². The van der Waals surface area contributed by atoms with Gasteiger partial charge in [0, 0.05) is 25.6 Å². The van der Waals surface area contributed by atoms with Gasteiger partial charge < -0.3 is 5.32 Å². The van der Waals surface area contributed by atoms with Gasteiger partial charge in [-0.2, -0.15) is 0 Å². The number of rotatable bonds is 4. The smallest absolute Gasteiger partial charge is 0.343 e. The van der Waals surface area contributed by atoms with Gasteiger partial charge in [-0.1, -0.05) is 0 Å². The molecule has 1 saturated carbocycles. The van der Waals surface area contributed by atoms with Crippen molar-refractivity contribution in [2.45, 2.75) is 35.9 Å². The van der Waals surface area contributed by atoms with E-state index in [1.54, 1.807) is 7.05 Å². The number of hydrogen-bond acceptors (Lipinski definition) is 6. The average molecular weight is 292 g/mol. The Balaban J connectivity index is 2.01. The predicted octanol–water partition coefficient (Wildman–Crippen LogP) is 1.28. The SMILES string of the molecule is CNc1nc(C2CC2)nc(Sc2n[nH]c(=O)n2C)c1C. The summed E-state index contributed by atoms with van der Waals surface area (Å²) in [6.45, 7) is 1.97. The molecule has 1 fully saturated rings. The van der Waals surface area contributed by atoms with Crippen LogP contribution in [0.3, 0.4) is 0 Å². The Labute approximate surface area is 120 Å². The normalized spacial score (nSPS) is 14.6. The molecule has 20 heavy (non-hydrogen) atoms. The van der Waals surface area contributed by atoms with Crippen LogP contribution in [0, 0.1) is 6.92 Å². The molecule has 0 unspecified atom stereocenters. The number of H-pyrrole nitrogens is 1. The number of aromatic amines is 1. The zero-order valence-corrected chi connectivity index (χ0v) is 12.4. The summed E-state index contributed by atoms with van der Waals surface area (Å²) in [6.07, 6.45) is 2.30. The van der Waals surface area contributed by atoms with Crippen molar-refractivity contribution in [2.75, 3.05) is 12.4 Å². The largest absolute Gasteiger partial charge is 0.373 e. The third-order valence-corrected chi connectivity index (χ3v) is 4.46. The fourth-order valence-corrected chi connectivity index (χ4v) is 2.76. The van der Waals surface area contributed by atoms with Gasteiger partial charge in [-0.05, 0) is 31.5 Å². The van der Waals surface area contributed by atoms with Crippen LogP contribution < -0.4 is 11.0 Å². The Morgan fingerprint density at radius 3 is 2.70 bits per heavy atom. The van der Waals surface area contributed by atoms with Crippen LogP contribution >= 0.6 is 11.8 Å². The molecule has 0 aromatic carbocycles. The third kappa shape index (κ3) is 2.31. The molecule has 3 rings (SSSR count). The molecule has 1 aliphatic rings. The van der Waals surface area contributed by atoms with Crippen molar-refractivity contribution in [3.63, 3.8) is 0 Å². The number of hydrogen-bond donors (Lipinski definition) is 2. The fourth-order valence-electron chi connectivity index (χ4n) is 1.89. The molecule has 0 radical (unpaired) electrons. The molecule has 2 aromatic heterocycles. The summed E-state index contributed by atoms with van der Waals surface area (Å²) >= 11 is 1.38. The molecule has 2 heterocycles. The second kappa shape index (κ2) is 4.93. The molecule has 7 nitrogen and oxygen atoms in total. The van der Waals surface area contributed by atoms with Gasteiger partial charge in [-0.25, -0.2) is 19.9 Å². The second-order valence-corrected chi connectivity index (χ2v) is 5.81. The van der Waals surface area contributed by atoms with E-state index in [4.69, 9.17) is 0 Å². The van der Waals surface area contributed by atoms with Gasteiger partial charge in [0.05, 0.1) is 0 Å². The topological polar surface area (TPSA) is 88.5 Å². The Kier molecular flexibility index (Phi) is 3.25. The summed E-state index contributed by atoms with van der Waals surface area (Å²) in [4.78, 5) is 20.6. The second-order valence-electron chi connectivity index (χ2n) is 4.86. The minimum absolute atomic E-state index is 0.226. The van der Waals surface area contributed by atoms with Crippen molar-refractivity contribution in [2.24, 2.45) is 7.05 Å². The fraction of sp³-hybridized carbons (Fsp3) is 0.500. The van der Waals surface area contributed by atoms with E-state index in [1.807, 2.05) is 14.0 Å². The molecular weight excluding hydrogens is 276 g/mol. The van der Waals surface area contributed by atoms with Crippen LogP contribution in [0.1, 0.15) is 30.1 Å². The van der Waals surface area contributed by atoms with Crippen LogP contribution in [0.25, 0.3) is 0 Å². The minimum Gasteiger partial charge on any atom is -0.373 e. The molecule has 106 valence electrons. The lowest BCUT2D eigenvalue weighted by Gasteiger charge is -2.11. The van der Waals surface area contributed by atoms with Gasteiger partial charge in [0.15, 0.2) is 5.16 Å². The van der Waals surface area contributed by atoms with Crippen LogP contribution in [-0.2, 0) is 7.05 Å². The van der Waals surface area contributed by atoms with Crippen LogP contribution in [-0.4, -0.2) is 31.8 Å². The molecule has 1 aliphatic carbocycles. The van der Waals surface area contributed by atoms with Gasteiger partial charge in [-0.3, -0.25) is 4.57 Å². The lowest BCUT2D eigenvalue weighted by atomic mass is 10.3. The highest BCUT2D eigenvalue weighted by Gasteiger charge is 2.28. The zero-order chi connectivity index (χ0) is 14.3. The van der Waals surface area contributed by atoms with Crippen LogP contribution in [0.4, 0.5) is 5.82 Å². The van der Waals surface area contributed by atoms with Crippen molar-refractivity contribution in [3.8, 4) is 0 Å². The Morgan fingerprint density at radius 1 is 1.40 bits per heavy atom. The summed E-state index contributed by atoms with van der Waals surface area (Å²) in [5, 5.41) is 11.0. The zero-order valence-electron chi connectivity index (χ0n) is 11.6. The first-order valence-electron chi connectivity index (χ1n) is 6.45. The maximum atomic E-state index is 11.4. The maximum absolute atomic E-state index is 11.4. The minimum atomic E-state index is -0.226. The lowest BCUT2D eigenvalue weighted by Crippen LogP contribution is -2.13. The molecule has 2 aromatic rings. The number of aromatic nitrogens is 5. The van der Waals surface area contributed by atoms with Crippen molar-refractivity contribution < 1.29 is 0 Å². The van der Waals surface area contributed by atoms with Crippen molar-refractivity contribution >= 4 is 17.6 Å². The van der Waals surface area contributed by atoms with Crippen molar-refractivity contribution in [1.82, 2.24) is 24.7 Å². The summed E-state index contributed by atoms with van der Waals surface area (Å²) in [7, 11) is 3.54. The highest BCUT2D eigenvalue weighted by molar-refractivity contribution is 7.99. The van der Waals surface area contributed by atoms with E-state index in [0.29, 0.717) is 11.1 Å². The highest BCUT2D eigenvalue weighted by atomic mass is 32.2. The Bertz CT molecular complexity index is 702. The molecule has 0 spiro atoms. The standard InChI is InChI=1S/C12H16N6OS/c1-6-8(13-2)14-9(7-4-5-7)15-10(6)20-12-17-16-11(19)18(12)3/h7H,4-5H2,1-3H3,(H,16,19)(H,13,14,15). The van der Waals surface area contributed by atoms with E-state index in [1.165, 1.54) is 16.3 Å². The number of nitrogens with one attached hydrogen (secondary N) is 2. The first-order chi connectivity index (χ1) is 9.60. The molecule has 0 saturated heterocycles. The van der Waals surface area contributed by atoms with Gasteiger partial charge in [0.1, 0.15) is 16.7 Å². The number of anilines is 1. The van der Waals surface area contributed by atoms with Gasteiger partial charge in [0.25, 0.3) is 0 Å². The molecule has 2 N–H and O–H groups in total. The van der Waals surface area contributed by atoms with Gasteiger partial charge in [-0.15, -0.1) is 5.10 Å². The Hall–Kier alpha value is -1.83. The molecule has 0 aliphatic heterocycles. The van der Waals surface area contributed by atoms with Gasteiger partial charge >= 0.3 is 5.69 Å². The molecule has 0 amide bonds. The van der Waals surface area contributed by atoms with Crippen LogP contribution in [0.15, 0.2) is 15.0 Å². The molecular formula is C12H16N6OS.